The van der Waals surface area contributed by atoms with Crippen LogP contribution in [0.2, 0.25) is 0 Å². The lowest BCUT2D eigenvalue weighted by atomic mass is 9.80. The number of phenols is 1. The molecule has 0 radical (unpaired) electrons. The standard InChI is InChI=1S/C21H26N2O6/c1-12(24)22-17-11-20(28-2)19(26)10-14(17)9-18-16-5-4-15(25)8-13(16)6-7-23(18)21(27)29-3/h10-11,18,26H,4-9H2,1-3H3,(H,22,24). The van der Waals surface area contributed by atoms with Gasteiger partial charge in [-0.3, -0.25) is 9.59 Å². The highest BCUT2D eigenvalue weighted by Crippen LogP contribution is 2.38. The summed E-state index contributed by atoms with van der Waals surface area (Å²) in [6, 6.07) is 2.80. The third-order valence-electron chi connectivity index (χ3n) is 5.51. The Kier molecular flexibility index (Phi) is 6.10. The van der Waals surface area contributed by atoms with Crippen LogP contribution in [-0.2, 0) is 20.7 Å². The summed E-state index contributed by atoms with van der Waals surface area (Å²) >= 11 is 0. The summed E-state index contributed by atoms with van der Waals surface area (Å²) < 4.78 is 10.1. The summed E-state index contributed by atoms with van der Waals surface area (Å²) in [6.45, 7) is 1.86. The van der Waals surface area contributed by atoms with Gasteiger partial charge in [-0.1, -0.05) is 5.57 Å². The molecular weight excluding hydrogens is 376 g/mol. The number of aromatic hydroxyl groups is 1. The van der Waals surface area contributed by atoms with Crippen LogP contribution in [0.4, 0.5) is 10.5 Å². The molecule has 8 nitrogen and oxygen atoms in total. The molecule has 1 atom stereocenters. The number of ether oxygens (including phenoxy) is 2. The second-order valence-electron chi connectivity index (χ2n) is 7.34. The summed E-state index contributed by atoms with van der Waals surface area (Å²) in [5, 5.41) is 13.0. The molecule has 0 saturated carbocycles. The normalized spacial score (nSPS) is 18.9. The van der Waals surface area contributed by atoms with Gasteiger partial charge in [0.2, 0.25) is 5.91 Å². The first kappa shape index (κ1) is 20.7. The van der Waals surface area contributed by atoms with Crippen LogP contribution < -0.4 is 10.1 Å². The van der Waals surface area contributed by atoms with Gasteiger partial charge in [0.1, 0.15) is 5.78 Å². The van der Waals surface area contributed by atoms with E-state index in [0.29, 0.717) is 49.9 Å². The van der Waals surface area contributed by atoms with Crippen LogP contribution in [-0.4, -0.2) is 54.6 Å². The summed E-state index contributed by atoms with van der Waals surface area (Å²) in [5.74, 6) is 0.157. The number of nitrogens with one attached hydrogen (secondary N) is 1. The minimum Gasteiger partial charge on any atom is -0.504 e. The van der Waals surface area contributed by atoms with Crippen molar-refractivity contribution in [1.82, 2.24) is 4.90 Å². The largest absolute Gasteiger partial charge is 0.504 e. The Morgan fingerprint density at radius 1 is 1.24 bits per heavy atom. The average Bonchev–Trinajstić information content (AvgIpc) is 2.68. The van der Waals surface area contributed by atoms with E-state index in [0.717, 1.165) is 11.1 Å². The zero-order chi connectivity index (χ0) is 21.1. The van der Waals surface area contributed by atoms with Gasteiger partial charge in [-0.15, -0.1) is 0 Å². The van der Waals surface area contributed by atoms with Gasteiger partial charge in [0.05, 0.1) is 20.3 Å². The van der Waals surface area contributed by atoms with Crippen molar-refractivity contribution >= 4 is 23.5 Å². The third-order valence-corrected chi connectivity index (χ3v) is 5.51. The molecule has 156 valence electrons. The van der Waals surface area contributed by atoms with Crippen LogP contribution in [0.1, 0.15) is 38.2 Å². The Bertz CT molecular complexity index is 876. The molecule has 2 aliphatic rings. The molecular formula is C21H26N2O6. The number of Topliss-reactive ketones (excluding diaryl/α,β-unsaturated/α-hetero) is 1. The van der Waals surface area contributed by atoms with E-state index in [1.54, 1.807) is 17.0 Å². The van der Waals surface area contributed by atoms with Crippen molar-refractivity contribution in [2.75, 3.05) is 26.1 Å². The predicted octanol–water partition coefficient (Wildman–Crippen LogP) is 2.79. The highest BCUT2D eigenvalue weighted by Gasteiger charge is 2.36. The van der Waals surface area contributed by atoms with Gasteiger partial charge in [-0.05, 0) is 36.5 Å². The van der Waals surface area contributed by atoms with Gasteiger partial charge in [-0.25, -0.2) is 4.79 Å². The second kappa shape index (κ2) is 8.55. The fourth-order valence-corrected chi connectivity index (χ4v) is 4.17. The molecule has 0 fully saturated rings. The minimum atomic E-state index is -0.433. The average molecular weight is 402 g/mol. The quantitative estimate of drug-likeness (QED) is 0.593. The number of rotatable bonds is 4. The minimum absolute atomic E-state index is 0.0509. The van der Waals surface area contributed by atoms with Crippen molar-refractivity contribution in [2.24, 2.45) is 0 Å². The number of methoxy groups -OCH3 is 2. The number of nitrogens with zero attached hydrogens (tertiary/aromatic N) is 1. The smallest absolute Gasteiger partial charge is 0.410 e. The molecule has 1 heterocycles. The number of benzene rings is 1. The third kappa shape index (κ3) is 4.36. The first-order chi connectivity index (χ1) is 13.8. The van der Waals surface area contributed by atoms with E-state index in [9.17, 15) is 19.5 Å². The van der Waals surface area contributed by atoms with Gasteiger partial charge in [0.25, 0.3) is 0 Å². The number of hydrogen-bond donors (Lipinski definition) is 2. The monoisotopic (exact) mass is 402 g/mol. The first-order valence-electron chi connectivity index (χ1n) is 9.58. The van der Waals surface area contributed by atoms with Crippen molar-refractivity contribution < 1.29 is 29.0 Å². The number of carbonyl (C=O) groups excluding carboxylic acids is 3. The van der Waals surface area contributed by atoms with Gasteiger partial charge in [0.15, 0.2) is 11.5 Å². The lowest BCUT2D eigenvalue weighted by Gasteiger charge is -2.40. The maximum atomic E-state index is 12.4. The van der Waals surface area contributed by atoms with Gasteiger partial charge in [-0.2, -0.15) is 0 Å². The number of carbonyl (C=O) groups is 3. The lowest BCUT2D eigenvalue weighted by Crippen LogP contribution is -2.47. The van der Waals surface area contributed by atoms with Crippen molar-refractivity contribution in [3.63, 3.8) is 0 Å². The molecule has 2 amide bonds. The van der Waals surface area contributed by atoms with Crippen molar-refractivity contribution in [3.8, 4) is 11.5 Å². The van der Waals surface area contributed by atoms with Crippen molar-refractivity contribution in [1.29, 1.82) is 0 Å². The molecule has 1 aromatic rings. The molecule has 8 heteroatoms. The molecule has 1 aliphatic heterocycles. The lowest BCUT2D eigenvalue weighted by molar-refractivity contribution is -0.119. The van der Waals surface area contributed by atoms with Crippen LogP contribution in [0.3, 0.4) is 0 Å². The van der Waals surface area contributed by atoms with E-state index in [1.165, 1.54) is 21.1 Å². The topological polar surface area (TPSA) is 105 Å². The molecule has 0 spiro atoms. The van der Waals surface area contributed by atoms with E-state index in [2.05, 4.69) is 5.32 Å². The molecule has 1 aliphatic carbocycles. The fourth-order valence-electron chi connectivity index (χ4n) is 4.17. The number of hydrogen-bond acceptors (Lipinski definition) is 6. The summed E-state index contributed by atoms with van der Waals surface area (Å²) in [6.07, 6.45) is 2.07. The molecule has 2 N–H and O–H groups in total. The SMILES string of the molecule is COC(=O)N1CCC2=C(CCC(=O)C2)C1Cc1cc(O)c(OC)cc1NC(C)=O. The Morgan fingerprint density at radius 3 is 2.66 bits per heavy atom. The van der Waals surface area contributed by atoms with Crippen LogP contribution in [0.25, 0.3) is 0 Å². The molecule has 1 aromatic carbocycles. The van der Waals surface area contributed by atoms with E-state index in [-0.39, 0.29) is 29.2 Å². The summed E-state index contributed by atoms with van der Waals surface area (Å²) in [4.78, 5) is 37.7. The van der Waals surface area contributed by atoms with Crippen molar-refractivity contribution in [2.45, 2.75) is 45.1 Å². The maximum Gasteiger partial charge on any atom is 0.410 e. The highest BCUT2D eigenvalue weighted by molar-refractivity contribution is 5.90. The number of phenolic OH excluding ortho intramolecular Hbond substituents is 1. The van der Waals surface area contributed by atoms with Crippen molar-refractivity contribution in [3.05, 3.63) is 28.8 Å². The molecule has 3 rings (SSSR count). The van der Waals surface area contributed by atoms with E-state index in [4.69, 9.17) is 9.47 Å². The Balaban J connectivity index is 2.03. The highest BCUT2D eigenvalue weighted by atomic mass is 16.5. The summed E-state index contributed by atoms with van der Waals surface area (Å²) in [7, 11) is 2.78. The Morgan fingerprint density at radius 2 is 2.00 bits per heavy atom. The predicted molar refractivity (Wildman–Crippen MR) is 106 cm³/mol. The van der Waals surface area contributed by atoms with Crippen LogP contribution in [0, 0.1) is 0 Å². The molecule has 0 bridgehead atoms. The van der Waals surface area contributed by atoms with E-state index >= 15 is 0 Å². The Labute approximate surface area is 169 Å². The number of amides is 2. The second-order valence-corrected chi connectivity index (χ2v) is 7.34. The molecule has 29 heavy (non-hydrogen) atoms. The van der Waals surface area contributed by atoms with Crippen LogP contribution >= 0.6 is 0 Å². The first-order valence-corrected chi connectivity index (χ1v) is 9.58. The number of anilines is 1. The number of ketones is 1. The molecule has 0 saturated heterocycles. The van der Waals surface area contributed by atoms with Gasteiger partial charge >= 0.3 is 6.09 Å². The van der Waals surface area contributed by atoms with Crippen LogP contribution in [0.15, 0.2) is 23.3 Å². The fraction of sp³-hybridized carbons (Fsp3) is 0.476. The van der Waals surface area contributed by atoms with E-state index < -0.39 is 6.09 Å². The maximum absolute atomic E-state index is 12.4. The summed E-state index contributed by atoms with van der Waals surface area (Å²) in [5.41, 5.74) is 3.34. The zero-order valence-electron chi connectivity index (χ0n) is 16.9. The zero-order valence-corrected chi connectivity index (χ0v) is 16.9. The van der Waals surface area contributed by atoms with Gasteiger partial charge < -0.3 is 24.8 Å². The van der Waals surface area contributed by atoms with E-state index in [1.807, 2.05) is 0 Å². The molecule has 0 aromatic heterocycles. The van der Waals surface area contributed by atoms with Crippen LogP contribution in [0.5, 0.6) is 11.5 Å². The molecule has 1 unspecified atom stereocenters. The Hall–Kier alpha value is -3.03. The van der Waals surface area contributed by atoms with Gasteiger partial charge in [0, 0.05) is 38.1 Å².